The number of rotatable bonds is 5. The number of piperidine rings is 1. The summed E-state index contributed by atoms with van der Waals surface area (Å²) in [6, 6.07) is 8.86. The zero-order valence-electron chi connectivity index (χ0n) is 16.4. The highest BCUT2D eigenvalue weighted by Crippen LogP contribution is 2.29. The predicted octanol–water partition coefficient (Wildman–Crippen LogP) is 5.29. The molecule has 0 amide bonds. The minimum atomic E-state index is 0.643. The van der Waals surface area contributed by atoms with Crippen LogP contribution >= 0.6 is 0 Å². The number of nitrogens with zero attached hydrogens (tertiary/aromatic N) is 2. The van der Waals surface area contributed by atoms with Crippen molar-refractivity contribution >= 4 is 11.8 Å². The molecule has 0 radical (unpaired) electrons. The van der Waals surface area contributed by atoms with Gasteiger partial charge in [0.25, 0.3) is 0 Å². The number of pyridine rings is 1. The van der Waals surface area contributed by atoms with E-state index in [4.69, 9.17) is 4.74 Å². The molecule has 1 fully saturated rings. The minimum absolute atomic E-state index is 0.643. The first kappa shape index (κ1) is 18.1. The lowest BCUT2D eigenvalue weighted by atomic mass is 9.92. The van der Waals surface area contributed by atoms with Crippen molar-refractivity contribution in [1.82, 2.24) is 4.98 Å². The van der Waals surface area contributed by atoms with Crippen LogP contribution in [-0.2, 0) is 12.8 Å². The fourth-order valence-corrected chi connectivity index (χ4v) is 4.35. The van der Waals surface area contributed by atoms with Crippen LogP contribution in [0.2, 0.25) is 0 Å². The maximum absolute atomic E-state index is 6.18. The maximum Gasteiger partial charge on any atom is 0.119 e. The molecule has 0 saturated carbocycles. The van der Waals surface area contributed by atoms with Gasteiger partial charge in [-0.1, -0.05) is 18.2 Å². The normalized spacial score (nSPS) is 17.9. The van der Waals surface area contributed by atoms with E-state index in [0.717, 1.165) is 25.4 Å². The average Bonchev–Trinajstić information content (AvgIpc) is 2.73. The molecule has 142 valence electrons. The number of hydrogen-bond donors (Lipinski definition) is 0. The third kappa shape index (κ3) is 4.35. The summed E-state index contributed by atoms with van der Waals surface area (Å²) >= 11 is 0. The summed E-state index contributed by atoms with van der Waals surface area (Å²) in [4.78, 5) is 6.76. The molecule has 3 heteroatoms. The Bertz CT molecular complexity index is 791. The summed E-state index contributed by atoms with van der Waals surface area (Å²) in [5.41, 5.74) is 5.54. The van der Waals surface area contributed by atoms with E-state index in [1.54, 1.807) is 0 Å². The van der Waals surface area contributed by atoms with E-state index < -0.39 is 0 Å². The molecular weight excluding hydrogens is 332 g/mol. The molecule has 1 saturated heterocycles. The Hall–Kier alpha value is -2.29. The quantitative estimate of drug-likeness (QED) is 0.723. The van der Waals surface area contributed by atoms with Crippen molar-refractivity contribution in [2.24, 2.45) is 5.92 Å². The SMILES string of the molecule is C/C=C/c1cnccc1N1CCC(COc2ccc3c(c2)CCCC3)CC1. The highest BCUT2D eigenvalue weighted by molar-refractivity contribution is 5.66. The number of benzene rings is 1. The summed E-state index contributed by atoms with van der Waals surface area (Å²) in [6.07, 6.45) is 15.6. The van der Waals surface area contributed by atoms with E-state index in [2.05, 4.69) is 53.2 Å². The van der Waals surface area contributed by atoms with E-state index >= 15 is 0 Å². The second kappa shape index (κ2) is 8.60. The number of fused-ring (bicyclic) bond motifs is 1. The third-order valence-corrected chi connectivity index (χ3v) is 5.93. The summed E-state index contributed by atoms with van der Waals surface area (Å²) < 4.78 is 6.18. The summed E-state index contributed by atoms with van der Waals surface area (Å²) in [7, 11) is 0. The number of anilines is 1. The lowest BCUT2D eigenvalue weighted by molar-refractivity contribution is 0.222. The number of allylic oxidation sites excluding steroid dienone is 1. The fourth-order valence-electron chi connectivity index (χ4n) is 4.35. The van der Waals surface area contributed by atoms with E-state index in [0.29, 0.717) is 5.92 Å². The van der Waals surface area contributed by atoms with Crippen molar-refractivity contribution < 1.29 is 4.74 Å². The Morgan fingerprint density at radius 1 is 1.11 bits per heavy atom. The van der Waals surface area contributed by atoms with Gasteiger partial charge >= 0.3 is 0 Å². The number of ether oxygens (including phenoxy) is 1. The van der Waals surface area contributed by atoms with Crippen LogP contribution in [0, 0.1) is 5.92 Å². The van der Waals surface area contributed by atoms with Crippen LogP contribution in [-0.4, -0.2) is 24.7 Å². The molecule has 2 heterocycles. The standard InChI is InChI=1S/C24H30N2O/c1-2-5-22-17-25-13-10-24(22)26-14-11-19(12-15-26)18-27-23-9-8-20-6-3-4-7-21(20)16-23/h2,5,8-10,13,16-17,19H,3-4,6-7,11-12,14-15,18H2,1H3/b5-2+. The first-order valence-corrected chi connectivity index (χ1v) is 10.4. The molecule has 1 aliphatic heterocycles. The summed E-state index contributed by atoms with van der Waals surface area (Å²) in [5.74, 6) is 1.70. The van der Waals surface area contributed by atoms with Gasteiger partial charge in [0.05, 0.1) is 6.61 Å². The Morgan fingerprint density at radius 2 is 1.93 bits per heavy atom. The predicted molar refractivity (Wildman–Crippen MR) is 112 cm³/mol. The summed E-state index contributed by atoms with van der Waals surface area (Å²) in [5, 5.41) is 0. The number of aryl methyl sites for hydroxylation is 2. The van der Waals surface area contributed by atoms with E-state index in [9.17, 15) is 0 Å². The lowest BCUT2D eigenvalue weighted by Crippen LogP contribution is -2.35. The first-order valence-electron chi connectivity index (χ1n) is 10.4. The van der Waals surface area contributed by atoms with Crippen molar-refractivity contribution in [3.63, 3.8) is 0 Å². The highest BCUT2D eigenvalue weighted by atomic mass is 16.5. The molecule has 2 aliphatic rings. The van der Waals surface area contributed by atoms with Gasteiger partial charge in [0.15, 0.2) is 0 Å². The van der Waals surface area contributed by atoms with Crippen LogP contribution in [0.5, 0.6) is 5.75 Å². The highest BCUT2D eigenvalue weighted by Gasteiger charge is 2.21. The molecule has 0 atom stereocenters. The third-order valence-electron chi connectivity index (χ3n) is 5.93. The van der Waals surface area contributed by atoms with Gasteiger partial charge in [-0.05, 0) is 80.7 Å². The van der Waals surface area contributed by atoms with E-state index in [1.807, 2.05) is 12.4 Å². The molecule has 3 nitrogen and oxygen atoms in total. The van der Waals surface area contributed by atoms with E-state index in [-0.39, 0.29) is 0 Å². The van der Waals surface area contributed by atoms with Crippen LogP contribution in [0.15, 0.2) is 42.7 Å². The molecule has 2 aromatic rings. The van der Waals surface area contributed by atoms with Gasteiger partial charge in [0.2, 0.25) is 0 Å². The zero-order chi connectivity index (χ0) is 18.5. The van der Waals surface area contributed by atoms with Gasteiger partial charge in [-0.3, -0.25) is 4.98 Å². The Balaban J connectivity index is 1.31. The Morgan fingerprint density at radius 3 is 2.74 bits per heavy atom. The van der Waals surface area contributed by atoms with Crippen molar-refractivity contribution in [1.29, 1.82) is 0 Å². The summed E-state index contributed by atoms with van der Waals surface area (Å²) in [6.45, 7) is 5.07. The average molecular weight is 363 g/mol. The van der Waals surface area contributed by atoms with Gasteiger partial charge in [0.1, 0.15) is 5.75 Å². The zero-order valence-corrected chi connectivity index (χ0v) is 16.4. The molecule has 4 rings (SSSR count). The van der Waals surface area contributed by atoms with Crippen molar-refractivity contribution in [3.8, 4) is 5.75 Å². The Kier molecular flexibility index (Phi) is 5.76. The maximum atomic E-state index is 6.18. The number of aromatic nitrogens is 1. The van der Waals surface area contributed by atoms with Crippen LogP contribution in [0.3, 0.4) is 0 Å². The van der Waals surface area contributed by atoms with Gasteiger partial charge in [-0.2, -0.15) is 0 Å². The minimum Gasteiger partial charge on any atom is -0.493 e. The molecule has 27 heavy (non-hydrogen) atoms. The molecular formula is C24H30N2O. The van der Waals surface area contributed by atoms with Crippen molar-refractivity contribution in [2.75, 3.05) is 24.6 Å². The topological polar surface area (TPSA) is 25.4 Å². The molecule has 1 aliphatic carbocycles. The monoisotopic (exact) mass is 362 g/mol. The van der Waals surface area contributed by atoms with Gasteiger partial charge in [0, 0.05) is 36.7 Å². The molecule has 1 aromatic carbocycles. The second-order valence-corrected chi connectivity index (χ2v) is 7.81. The molecule has 1 aromatic heterocycles. The largest absolute Gasteiger partial charge is 0.493 e. The van der Waals surface area contributed by atoms with Gasteiger partial charge < -0.3 is 9.64 Å². The molecule has 0 N–H and O–H groups in total. The molecule has 0 spiro atoms. The van der Waals surface area contributed by atoms with Crippen molar-refractivity contribution in [3.05, 3.63) is 59.4 Å². The van der Waals surface area contributed by atoms with E-state index in [1.165, 1.54) is 60.9 Å². The smallest absolute Gasteiger partial charge is 0.119 e. The van der Waals surface area contributed by atoms with Gasteiger partial charge in [-0.25, -0.2) is 0 Å². The van der Waals surface area contributed by atoms with Crippen LogP contribution in [0.4, 0.5) is 5.69 Å². The molecule has 0 unspecified atom stereocenters. The second-order valence-electron chi connectivity index (χ2n) is 7.81. The first-order chi connectivity index (χ1) is 13.3. The molecule has 0 bridgehead atoms. The number of hydrogen-bond acceptors (Lipinski definition) is 3. The lowest BCUT2D eigenvalue weighted by Gasteiger charge is -2.34. The van der Waals surface area contributed by atoms with Crippen molar-refractivity contribution in [2.45, 2.75) is 45.4 Å². The fraction of sp³-hybridized carbons (Fsp3) is 0.458. The van der Waals surface area contributed by atoms with Gasteiger partial charge in [-0.15, -0.1) is 0 Å². The van der Waals surface area contributed by atoms with Crippen LogP contribution in [0.1, 0.15) is 49.3 Å². The van der Waals surface area contributed by atoms with Crippen LogP contribution in [0.25, 0.3) is 6.08 Å². The van der Waals surface area contributed by atoms with Crippen LogP contribution < -0.4 is 9.64 Å². The Labute approximate surface area is 163 Å².